The third-order valence-corrected chi connectivity index (χ3v) is 5.65. The van der Waals surface area contributed by atoms with Crippen LogP contribution in [-0.2, 0) is 26.3 Å². The van der Waals surface area contributed by atoms with Crippen molar-refractivity contribution >= 4 is 17.7 Å². The molecule has 0 aliphatic carbocycles. The number of amides is 3. The van der Waals surface area contributed by atoms with E-state index in [2.05, 4.69) is 4.98 Å². The molecule has 158 valence electrons. The first-order valence-electron chi connectivity index (χ1n) is 10.3. The first-order valence-corrected chi connectivity index (χ1v) is 10.3. The van der Waals surface area contributed by atoms with E-state index in [0.717, 1.165) is 16.7 Å². The molecule has 1 aromatic carbocycles. The van der Waals surface area contributed by atoms with Gasteiger partial charge in [-0.15, -0.1) is 0 Å². The van der Waals surface area contributed by atoms with Crippen molar-refractivity contribution in [3.05, 3.63) is 65.5 Å². The van der Waals surface area contributed by atoms with Gasteiger partial charge in [-0.1, -0.05) is 44.2 Å². The topological polar surface area (TPSA) is 70.6 Å². The van der Waals surface area contributed by atoms with Crippen LogP contribution in [-0.4, -0.2) is 46.1 Å². The van der Waals surface area contributed by atoms with Gasteiger partial charge in [-0.05, 0) is 35.6 Å². The first kappa shape index (κ1) is 21.7. The fourth-order valence-electron chi connectivity index (χ4n) is 4.23. The number of likely N-dealkylation sites (tertiary alicyclic amines) is 1. The second-order valence-corrected chi connectivity index (χ2v) is 8.56. The van der Waals surface area contributed by atoms with Crippen LogP contribution in [0.5, 0.6) is 0 Å². The van der Waals surface area contributed by atoms with Crippen LogP contribution in [0.1, 0.15) is 43.4 Å². The Hall–Kier alpha value is -3.02. The number of hydrogen-bond donors (Lipinski definition) is 0. The van der Waals surface area contributed by atoms with Crippen molar-refractivity contribution in [1.82, 2.24) is 14.8 Å². The lowest BCUT2D eigenvalue weighted by Crippen LogP contribution is -2.43. The van der Waals surface area contributed by atoms with Crippen molar-refractivity contribution in [3.8, 4) is 0 Å². The number of benzene rings is 1. The zero-order valence-electron chi connectivity index (χ0n) is 18.1. The van der Waals surface area contributed by atoms with Gasteiger partial charge in [0.25, 0.3) is 0 Å². The normalized spacial score (nSPS) is 18.9. The first-order chi connectivity index (χ1) is 14.2. The van der Waals surface area contributed by atoms with Crippen molar-refractivity contribution in [3.63, 3.8) is 0 Å². The molecule has 2 aromatic rings. The second kappa shape index (κ2) is 8.78. The van der Waals surface area contributed by atoms with Crippen molar-refractivity contribution in [2.75, 3.05) is 13.6 Å². The highest BCUT2D eigenvalue weighted by Gasteiger charge is 2.54. The van der Waals surface area contributed by atoms with Gasteiger partial charge in [-0.3, -0.25) is 24.3 Å². The van der Waals surface area contributed by atoms with Crippen LogP contribution in [0.2, 0.25) is 0 Å². The number of carbonyl (C=O) groups excluding carboxylic acids is 3. The Bertz CT molecular complexity index is 942. The second-order valence-electron chi connectivity index (χ2n) is 8.56. The van der Waals surface area contributed by atoms with Gasteiger partial charge in [0.2, 0.25) is 17.7 Å². The summed E-state index contributed by atoms with van der Waals surface area (Å²) in [6, 6.07) is 11.1. The largest absolute Gasteiger partial charge is 0.345 e. The minimum atomic E-state index is -1.17. The molecular weight excluding hydrogens is 378 g/mol. The highest BCUT2D eigenvalue weighted by molar-refractivity contribution is 6.10. The molecule has 1 aliphatic heterocycles. The van der Waals surface area contributed by atoms with E-state index in [0.29, 0.717) is 12.5 Å². The SMILES string of the molecule is Cc1ccccc1C1(CC(=O)N(C)CC(C)C)CC(=O)N(Cc2cccnc2)C1=O. The molecule has 1 unspecified atom stereocenters. The summed E-state index contributed by atoms with van der Waals surface area (Å²) in [6.07, 6.45) is 3.28. The molecule has 1 fully saturated rings. The molecule has 3 rings (SSSR count). The van der Waals surface area contributed by atoms with Gasteiger partial charge in [-0.2, -0.15) is 0 Å². The van der Waals surface area contributed by atoms with Gasteiger partial charge < -0.3 is 4.90 Å². The molecule has 1 aliphatic rings. The van der Waals surface area contributed by atoms with Crippen molar-refractivity contribution in [2.24, 2.45) is 5.92 Å². The molecule has 1 saturated heterocycles. The summed E-state index contributed by atoms with van der Waals surface area (Å²) in [5, 5.41) is 0. The van der Waals surface area contributed by atoms with Gasteiger partial charge in [-0.25, -0.2) is 0 Å². The lowest BCUT2D eigenvalue weighted by molar-refractivity contribution is -0.143. The van der Waals surface area contributed by atoms with E-state index in [-0.39, 0.29) is 37.1 Å². The number of pyridine rings is 1. The molecular formula is C24H29N3O3. The minimum Gasteiger partial charge on any atom is -0.345 e. The van der Waals surface area contributed by atoms with Crippen LogP contribution >= 0.6 is 0 Å². The Kier molecular flexibility index (Phi) is 6.34. The Labute approximate surface area is 177 Å². The molecule has 3 amide bonds. The Morgan fingerprint density at radius 1 is 1.20 bits per heavy atom. The van der Waals surface area contributed by atoms with Crippen LogP contribution in [0.25, 0.3) is 0 Å². The van der Waals surface area contributed by atoms with E-state index in [9.17, 15) is 14.4 Å². The molecule has 0 spiro atoms. The van der Waals surface area contributed by atoms with E-state index in [4.69, 9.17) is 0 Å². The van der Waals surface area contributed by atoms with Gasteiger partial charge in [0.05, 0.1) is 12.0 Å². The maximum atomic E-state index is 13.7. The number of imide groups is 1. The molecule has 1 aromatic heterocycles. The zero-order chi connectivity index (χ0) is 21.9. The molecule has 1 atom stereocenters. The fraction of sp³-hybridized carbons (Fsp3) is 0.417. The summed E-state index contributed by atoms with van der Waals surface area (Å²) in [7, 11) is 1.75. The smallest absolute Gasteiger partial charge is 0.241 e. The van der Waals surface area contributed by atoms with Crippen LogP contribution in [0.4, 0.5) is 0 Å². The minimum absolute atomic E-state index is 0.00178. The quantitative estimate of drug-likeness (QED) is 0.662. The summed E-state index contributed by atoms with van der Waals surface area (Å²) in [5.41, 5.74) is 1.26. The van der Waals surface area contributed by atoms with E-state index < -0.39 is 5.41 Å². The van der Waals surface area contributed by atoms with E-state index in [1.165, 1.54) is 4.90 Å². The lowest BCUT2D eigenvalue weighted by atomic mass is 9.74. The molecule has 6 heteroatoms. The molecule has 30 heavy (non-hydrogen) atoms. The zero-order valence-corrected chi connectivity index (χ0v) is 18.1. The maximum absolute atomic E-state index is 13.7. The van der Waals surface area contributed by atoms with Crippen LogP contribution in [0.15, 0.2) is 48.8 Å². The van der Waals surface area contributed by atoms with Crippen molar-refractivity contribution in [1.29, 1.82) is 0 Å². The predicted octanol–water partition coefficient (Wildman–Crippen LogP) is 3.09. The van der Waals surface area contributed by atoms with Crippen LogP contribution in [0, 0.1) is 12.8 Å². The van der Waals surface area contributed by atoms with E-state index in [1.54, 1.807) is 30.4 Å². The number of aromatic nitrogens is 1. The summed E-state index contributed by atoms with van der Waals surface area (Å²) in [4.78, 5) is 46.8. The predicted molar refractivity (Wildman–Crippen MR) is 114 cm³/mol. The number of nitrogens with zero attached hydrogens (tertiary/aromatic N) is 3. The third kappa shape index (κ3) is 4.27. The Balaban J connectivity index is 1.98. The third-order valence-electron chi connectivity index (χ3n) is 5.65. The van der Waals surface area contributed by atoms with E-state index in [1.807, 2.05) is 51.1 Å². The average Bonchev–Trinajstić information content (AvgIpc) is 2.93. The molecule has 0 bridgehead atoms. The molecule has 6 nitrogen and oxygen atoms in total. The maximum Gasteiger partial charge on any atom is 0.241 e. The van der Waals surface area contributed by atoms with Gasteiger partial charge in [0.1, 0.15) is 0 Å². The fourth-order valence-corrected chi connectivity index (χ4v) is 4.23. The van der Waals surface area contributed by atoms with Gasteiger partial charge >= 0.3 is 0 Å². The Morgan fingerprint density at radius 2 is 1.93 bits per heavy atom. The average molecular weight is 408 g/mol. The van der Waals surface area contributed by atoms with E-state index >= 15 is 0 Å². The highest BCUT2D eigenvalue weighted by Crippen LogP contribution is 2.42. The molecule has 0 saturated carbocycles. The van der Waals surface area contributed by atoms with Crippen molar-refractivity contribution < 1.29 is 14.4 Å². The Morgan fingerprint density at radius 3 is 2.57 bits per heavy atom. The standard InChI is InChI=1S/C24H29N3O3/c1-17(2)15-26(4)21(28)12-24(20-10-6-5-8-18(20)3)13-22(29)27(23(24)30)16-19-9-7-11-25-14-19/h5-11,14,17H,12-13,15-16H2,1-4H3. The summed E-state index contributed by atoms with van der Waals surface area (Å²) in [5.74, 6) is -0.379. The van der Waals surface area contributed by atoms with Gasteiger partial charge in [0.15, 0.2) is 0 Å². The number of aryl methyl sites for hydroxylation is 1. The summed E-state index contributed by atoms with van der Waals surface area (Å²) >= 11 is 0. The molecule has 2 heterocycles. The summed E-state index contributed by atoms with van der Waals surface area (Å²) < 4.78 is 0. The monoisotopic (exact) mass is 407 g/mol. The molecule has 0 radical (unpaired) electrons. The van der Waals surface area contributed by atoms with Crippen LogP contribution < -0.4 is 0 Å². The summed E-state index contributed by atoms with van der Waals surface area (Å²) in [6.45, 7) is 6.77. The number of rotatable bonds is 7. The molecule has 0 N–H and O–H groups in total. The lowest BCUT2D eigenvalue weighted by Gasteiger charge is -2.31. The highest BCUT2D eigenvalue weighted by atomic mass is 16.2. The van der Waals surface area contributed by atoms with Crippen molar-refractivity contribution in [2.45, 2.75) is 45.6 Å². The number of hydrogen-bond acceptors (Lipinski definition) is 4. The number of carbonyl (C=O) groups is 3. The van der Waals surface area contributed by atoms with Crippen LogP contribution in [0.3, 0.4) is 0 Å². The van der Waals surface area contributed by atoms with Gasteiger partial charge in [0, 0.05) is 38.8 Å².